The summed E-state index contributed by atoms with van der Waals surface area (Å²) >= 11 is 0. The molecule has 1 saturated heterocycles. The van der Waals surface area contributed by atoms with Crippen LogP contribution in [0.25, 0.3) is 0 Å². The minimum absolute atomic E-state index is 0.0116. The summed E-state index contributed by atoms with van der Waals surface area (Å²) in [5.74, 6) is 0.852. The predicted molar refractivity (Wildman–Crippen MR) is 49.3 cm³/mol. The predicted octanol–water partition coefficient (Wildman–Crippen LogP) is 0.504. The molecule has 0 bridgehead atoms. The number of aromatic amines is 1. The molecule has 0 aromatic carbocycles. The minimum atomic E-state index is -0.306. The summed E-state index contributed by atoms with van der Waals surface area (Å²) in [6.45, 7) is 2.92. The second-order valence-electron chi connectivity index (χ2n) is 3.59. The van der Waals surface area contributed by atoms with E-state index >= 15 is 0 Å². The lowest BCUT2D eigenvalue weighted by Gasteiger charge is -2.27. The third-order valence-electron chi connectivity index (χ3n) is 2.44. The van der Waals surface area contributed by atoms with Crippen molar-refractivity contribution in [3.8, 4) is 0 Å². The molecule has 2 unspecified atom stereocenters. The van der Waals surface area contributed by atoms with Gasteiger partial charge in [0.25, 0.3) is 0 Å². The Balaban J connectivity index is 2.14. The third kappa shape index (κ3) is 1.73. The zero-order valence-corrected chi connectivity index (χ0v) is 7.75. The van der Waals surface area contributed by atoms with E-state index in [-0.39, 0.29) is 12.1 Å². The number of rotatable bonds is 1. The van der Waals surface area contributed by atoms with Crippen LogP contribution >= 0.6 is 0 Å². The van der Waals surface area contributed by atoms with Gasteiger partial charge in [-0.1, -0.05) is 0 Å². The van der Waals surface area contributed by atoms with Gasteiger partial charge in [0.2, 0.25) is 0 Å². The van der Waals surface area contributed by atoms with Gasteiger partial charge in [0, 0.05) is 11.9 Å². The molecule has 1 aromatic rings. The lowest BCUT2D eigenvalue weighted by Crippen LogP contribution is -2.38. The molecule has 3 N–H and O–H groups in total. The fourth-order valence-electron chi connectivity index (χ4n) is 1.74. The van der Waals surface area contributed by atoms with Gasteiger partial charge in [-0.15, -0.1) is 0 Å². The molecule has 72 valence electrons. The van der Waals surface area contributed by atoms with E-state index in [4.69, 9.17) is 0 Å². The van der Waals surface area contributed by atoms with Gasteiger partial charge >= 0.3 is 0 Å². The second kappa shape index (κ2) is 3.47. The molecule has 13 heavy (non-hydrogen) atoms. The Labute approximate surface area is 77.4 Å². The number of aliphatic hydroxyl groups excluding tert-OH is 1. The fraction of sp³-hybridized carbons (Fsp3) is 0.667. The molecule has 0 amide bonds. The van der Waals surface area contributed by atoms with Crippen LogP contribution in [-0.2, 0) is 0 Å². The molecule has 2 atom stereocenters. The van der Waals surface area contributed by atoms with Crippen LogP contribution in [0.3, 0.4) is 0 Å². The van der Waals surface area contributed by atoms with Crippen molar-refractivity contribution in [1.29, 1.82) is 0 Å². The summed E-state index contributed by atoms with van der Waals surface area (Å²) in [5.41, 5.74) is 1.04. The Hall–Kier alpha value is -0.870. The smallest absolute Gasteiger partial charge is 0.126 e. The van der Waals surface area contributed by atoms with Gasteiger partial charge in [0.15, 0.2) is 0 Å². The van der Waals surface area contributed by atoms with Crippen molar-refractivity contribution in [2.75, 3.05) is 6.54 Å². The Kier molecular flexibility index (Phi) is 2.33. The normalized spacial score (nSPS) is 29.1. The van der Waals surface area contributed by atoms with Gasteiger partial charge in [-0.3, -0.25) is 0 Å². The quantitative estimate of drug-likeness (QED) is 0.591. The monoisotopic (exact) mass is 181 g/mol. The lowest BCUT2D eigenvalue weighted by atomic mass is 10.0. The van der Waals surface area contributed by atoms with E-state index in [2.05, 4.69) is 15.3 Å². The van der Waals surface area contributed by atoms with Crippen LogP contribution in [0.2, 0.25) is 0 Å². The van der Waals surface area contributed by atoms with E-state index in [1.165, 1.54) is 0 Å². The number of hydrogen-bond acceptors (Lipinski definition) is 3. The molecule has 1 aliphatic heterocycles. The van der Waals surface area contributed by atoms with Crippen LogP contribution in [0, 0.1) is 6.92 Å². The number of aliphatic hydroxyl groups is 1. The summed E-state index contributed by atoms with van der Waals surface area (Å²) in [6.07, 6.45) is 3.38. The standard InChI is InChI=1S/C9H15N3O/c1-6-5-11-9(12-6)8-7(13)3-2-4-10-8/h5,7-8,10,13H,2-4H2,1H3,(H,11,12). The van der Waals surface area contributed by atoms with Gasteiger partial charge < -0.3 is 15.4 Å². The number of aryl methyl sites for hydroxylation is 1. The highest BCUT2D eigenvalue weighted by Gasteiger charge is 2.25. The largest absolute Gasteiger partial charge is 0.391 e. The number of H-pyrrole nitrogens is 1. The van der Waals surface area contributed by atoms with Crippen molar-refractivity contribution >= 4 is 0 Å². The van der Waals surface area contributed by atoms with E-state index in [0.717, 1.165) is 30.9 Å². The molecule has 0 saturated carbocycles. The highest BCUT2D eigenvalue weighted by atomic mass is 16.3. The summed E-state index contributed by atoms with van der Waals surface area (Å²) in [4.78, 5) is 7.35. The SMILES string of the molecule is Cc1cnc(C2NCCCC2O)[nH]1. The summed E-state index contributed by atoms with van der Waals surface area (Å²) in [7, 11) is 0. The molecule has 0 aliphatic carbocycles. The third-order valence-corrected chi connectivity index (χ3v) is 2.44. The van der Waals surface area contributed by atoms with Crippen LogP contribution in [0.1, 0.15) is 30.4 Å². The molecular formula is C9H15N3O. The van der Waals surface area contributed by atoms with E-state index in [1.807, 2.05) is 6.92 Å². The van der Waals surface area contributed by atoms with E-state index in [0.29, 0.717) is 0 Å². The minimum Gasteiger partial charge on any atom is -0.391 e. The number of aromatic nitrogens is 2. The first-order valence-electron chi connectivity index (χ1n) is 4.70. The van der Waals surface area contributed by atoms with Crippen LogP contribution < -0.4 is 5.32 Å². The van der Waals surface area contributed by atoms with Crippen molar-refractivity contribution in [3.05, 3.63) is 17.7 Å². The molecule has 2 heterocycles. The summed E-state index contributed by atoms with van der Waals surface area (Å²) in [6, 6.07) is -0.0116. The first kappa shape index (κ1) is 8.72. The molecule has 1 aliphatic rings. The highest BCUT2D eigenvalue weighted by molar-refractivity contribution is 5.05. The van der Waals surface area contributed by atoms with Gasteiger partial charge in [-0.05, 0) is 26.3 Å². The van der Waals surface area contributed by atoms with Crippen molar-refractivity contribution in [1.82, 2.24) is 15.3 Å². The Morgan fingerprint density at radius 1 is 1.62 bits per heavy atom. The molecule has 1 aromatic heterocycles. The Bertz CT molecular complexity index is 284. The van der Waals surface area contributed by atoms with E-state index in [9.17, 15) is 5.11 Å². The van der Waals surface area contributed by atoms with E-state index in [1.54, 1.807) is 6.20 Å². The van der Waals surface area contributed by atoms with Gasteiger partial charge in [0.1, 0.15) is 5.82 Å². The molecule has 1 fully saturated rings. The van der Waals surface area contributed by atoms with Crippen LogP contribution in [0.5, 0.6) is 0 Å². The van der Waals surface area contributed by atoms with Crippen LogP contribution in [-0.4, -0.2) is 27.7 Å². The summed E-state index contributed by atoms with van der Waals surface area (Å²) < 4.78 is 0. The van der Waals surface area contributed by atoms with Crippen molar-refractivity contribution in [3.63, 3.8) is 0 Å². The molecule has 0 spiro atoms. The van der Waals surface area contributed by atoms with Crippen LogP contribution in [0.15, 0.2) is 6.20 Å². The molecule has 2 rings (SSSR count). The number of nitrogens with zero attached hydrogens (tertiary/aromatic N) is 1. The Morgan fingerprint density at radius 3 is 3.08 bits per heavy atom. The average Bonchev–Trinajstić information content (AvgIpc) is 2.53. The fourth-order valence-corrected chi connectivity index (χ4v) is 1.74. The number of imidazole rings is 1. The summed E-state index contributed by atoms with van der Waals surface area (Å²) in [5, 5.41) is 13.0. The first-order valence-corrected chi connectivity index (χ1v) is 4.70. The topological polar surface area (TPSA) is 60.9 Å². The van der Waals surface area contributed by atoms with Crippen molar-refractivity contribution in [2.24, 2.45) is 0 Å². The maximum absolute atomic E-state index is 9.71. The van der Waals surface area contributed by atoms with Crippen molar-refractivity contribution < 1.29 is 5.11 Å². The van der Waals surface area contributed by atoms with Gasteiger partial charge in [-0.25, -0.2) is 4.98 Å². The number of nitrogens with one attached hydrogen (secondary N) is 2. The van der Waals surface area contributed by atoms with E-state index < -0.39 is 0 Å². The first-order chi connectivity index (χ1) is 6.27. The van der Waals surface area contributed by atoms with Gasteiger partial charge in [0.05, 0.1) is 12.1 Å². The lowest BCUT2D eigenvalue weighted by molar-refractivity contribution is 0.0931. The van der Waals surface area contributed by atoms with Crippen molar-refractivity contribution in [2.45, 2.75) is 31.9 Å². The maximum atomic E-state index is 9.71. The maximum Gasteiger partial charge on any atom is 0.126 e. The van der Waals surface area contributed by atoms with Gasteiger partial charge in [-0.2, -0.15) is 0 Å². The highest BCUT2D eigenvalue weighted by Crippen LogP contribution is 2.20. The zero-order chi connectivity index (χ0) is 9.26. The molecule has 4 heteroatoms. The van der Waals surface area contributed by atoms with Crippen LogP contribution in [0.4, 0.5) is 0 Å². The molecular weight excluding hydrogens is 166 g/mol. The molecule has 4 nitrogen and oxygen atoms in total. The average molecular weight is 181 g/mol. The molecule has 0 radical (unpaired) electrons. The second-order valence-corrected chi connectivity index (χ2v) is 3.59. The number of hydrogen-bond donors (Lipinski definition) is 3. The number of piperidine rings is 1. The Morgan fingerprint density at radius 2 is 2.46 bits per heavy atom. The zero-order valence-electron chi connectivity index (χ0n) is 7.75.